The molecule has 0 spiro atoms. The van der Waals surface area contributed by atoms with Crippen LogP contribution >= 0.6 is 0 Å². The fraction of sp³-hybridized carbons (Fsp3) is 0.818. The molecule has 98 valence electrons. The highest BCUT2D eigenvalue weighted by molar-refractivity contribution is 5.86. The van der Waals surface area contributed by atoms with E-state index in [2.05, 4.69) is 10.6 Å². The Morgan fingerprint density at radius 1 is 1.35 bits per heavy atom. The van der Waals surface area contributed by atoms with Gasteiger partial charge in [-0.2, -0.15) is 0 Å². The minimum atomic E-state index is -0.590. The normalized spacial score (nSPS) is 16.7. The van der Waals surface area contributed by atoms with E-state index in [-0.39, 0.29) is 30.8 Å². The van der Waals surface area contributed by atoms with Crippen LogP contribution in [0.1, 0.15) is 12.8 Å². The van der Waals surface area contributed by atoms with E-state index < -0.39 is 6.10 Å². The van der Waals surface area contributed by atoms with E-state index in [0.717, 1.165) is 12.8 Å². The van der Waals surface area contributed by atoms with Gasteiger partial charge in [0.2, 0.25) is 11.8 Å². The van der Waals surface area contributed by atoms with Crippen LogP contribution in [0.4, 0.5) is 0 Å². The fourth-order valence-electron chi connectivity index (χ4n) is 1.44. The summed E-state index contributed by atoms with van der Waals surface area (Å²) in [6.07, 6.45) is 1.26. The van der Waals surface area contributed by atoms with E-state index in [1.54, 1.807) is 0 Å². The number of carbonyl (C=O) groups is 2. The Balaban J connectivity index is 2.05. The van der Waals surface area contributed by atoms with Gasteiger partial charge >= 0.3 is 0 Å². The maximum Gasteiger partial charge on any atom is 0.239 e. The molecule has 1 unspecified atom stereocenters. The van der Waals surface area contributed by atoms with Crippen molar-refractivity contribution < 1.29 is 14.7 Å². The van der Waals surface area contributed by atoms with Crippen LogP contribution in [-0.2, 0) is 9.59 Å². The second-order valence-corrected chi connectivity index (χ2v) is 4.71. The molecule has 1 fully saturated rings. The third-order valence-corrected chi connectivity index (χ3v) is 2.48. The van der Waals surface area contributed by atoms with Gasteiger partial charge in [0.05, 0.1) is 12.6 Å². The molecule has 1 saturated carbocycles. The minimum Gasteiger partial charge on any atom is -0.390 e. The number of nitrogens with one attached hydrogen (secondary N) is 2. The molecule has 6 nitrogen and oxygen atoms in total. The molecule has 0 saturated heterocycles. The van der Waals surface area contributed by atoms with Crippen molar-refractivity contribution in [3.05, 3.63) is 0 Å². The van der Waals surface area contributed by atoms with Crippen LogP contribution in [0.3, 0.4) is 0 Å². The van der Waals surface area contributed by atoms with E-state index in [4.69, 9.17) is 0 Å². The maximum atomic E-state index is 11.3. The van der Waals surface area contributed by atoms with Crippen molar-refractivity contribution >= 4 is 11.8 Å². The standard InChI is InChI=1S/C11H21N3O3/c1-14(2)7-9(15)5-12-10(16)6-13-11(17)8-3-4-8/h8-9,15H,3-7H2,1-2H3,(H,12,16)(H,13,17). The van der Waals surface area contributed by atoms with Crippen LogP contribution in [-0.4, -0.2) is 61.7 Å². The van der Waals surface area contributed by atoms with Gasteiger partial charge in [-0.25, -0.2) is 0 Å². The van der Waals surface area contributed by atoms with E-state index in [1.165, 1.54) is 0 Å². The van der Waals surface area contributed by atoms with Gasteiger partial charge in [-0.1, -0.05) is 0 Å². The third-order valence-electron chi connectivity index (χ3n) is 2.48. The van der Waals surface area contributed by atoms with Crippen molar-refractivity contribution in [3.63, 3.8) is 0 Å². The van der Waals surface area contributed by atoms with Crippen LogP contribution in [0.5, 0.6) is 0 Å². The number of hydrogen-bond acceptors (Lipinski definition) is 4. The van der Waals surface area contributed by atoms with Crippen LogP contribution in [0.2, 0.25) is 0 Å². The van der Waals surface area contributed by atoms with Gasteiger partial charge in [0.25, 0.3) is 0 Å². The predicted molar refractivity (Wildman–Crippen MR) is 63.3 cm³/mol. The molecule has 2 amide bonds. The molecule has 0 aliphatic heterocycles. The highest BCUT2D eigenvalue weighted by Gasteiger charge is 2.29. The van der Waals surface area contributed by atoms with Crippen molar-refractivity contribution in [2.75, 3.05) is 33.7 Å². The van der Waals surface area contributed by atoms with Crippen LogP contribution in [0.15, 0.2) is 0 Å². The number of nitrogens with zero attached hydrogens (tertiary/aromatic N) is 1. The van der Waals surface area contributed by atoms with E-state index in [0.29, 0.717) is 6.54 Å². The number of likely N-dealkylation sites (N-methyl/N-ethyl adjacent to an activating group) is 1. The number of aliphatic hydroxyl groups is 1. The summed E-state index contributed by atoms with van der Waals surface area (Å²) in [5, 5.41) is 14.6. The first-order valence-electron chi connectivity index (χ1n) is 5.86. The summed E-state index contributed by atoms with van der Waals surface area (Å²) >= 11 is 0. The molecule has 1 atom stereocenters. The van der Waals surface area contributed by atoms with Crippen molar-refractivity contribution in [1.29, 1.82) is 0 Å². The van der Waals surface area contributed by atoms with Crippen LogP contribution < -0.4 is 10.6 Å². The molecule has 6 heteroatoms. The van der Waals surface area contributed by atoms with Crippen molar-refractivity contribution in [2.24, 2.45) is 5.92 Å². The summed E-state index contributed by atoms with van der Waals surface area (Å²) in [7, 11) is 3.70. The Labute approximate surface area is 101 Å². The molecule has 3 N–H and O–H groups in total. The van der Waals surface area contributed by atoms with Gasteiger partial charge in [-0.15, -0.1) is 0 Å². The first-order chi connectivity index (χ1) is 7.99. The first kappa shape index (κ1) is 13.9. The van der Waals surface area contributed by atoms with Gasteiger partial charge in [0.15, 0.2) is 0 Å². The van der Waals surface area contributed by atoms with Gasteiger partial charge in [-0.05, 0) is 26.9 Å². The molecule has 17 heavy (non-hydrogen) atoms. The Morgan fingerprint density at radius 2 is 2.00 bits per heavy atom. The average Bonchev–Trinajstić information content (AvgIpc) is 3.05. The number of rotatable bonds is 7. The lowest BCUT2D eigenvalue weighted by molar-refractivity contribution is -0.127. The number of hydrogen-bond donors (Lipinski definition) is 3. The van der Waals surface area contributed by atoms with Crippen molar-refractivity contribution in [1.82, 2.24) is 15.5 Å². The van der Waals surface area contributed by atoms with Crippen molar-refractivity contribution in [3.8, 4) is 0 Å². The third kappa shape index (κ3) is 6.23. The zero-order chi connectivity index (χ0) is 12.8. The first-order valence-corrected chi connectivity index (χ1v) is 5.86. The highest BCUT2D eigenvalue weighted by atomic mass is 16.3. The lowest BCUT2D eigenvalue weighted by Crippen LogP contribution is -2.42. The Hall–Kier alpha value is -1.14. The molecule has 0 aromatic heterocycles. The Bertz CT molecular complexity index is 277. The summed E-state index contributed by atoms with van der Waals surface area (Å²) < 4.78 is 0. The summed E-state index contributed by atoms with van der Waals surface area (Å²) in [4.78, 5) is 24.4. The van der Waals surface area contributed by atoms with Gasteiger partial charge < -0.3 is 20.6 Å². The van der Waals surface area contributed by atoms with Crippen LogP contribution in [0.25, 0.3) is 0 Å². The molecular formula is C11H21N3O3. The summed E-state index contributed by atoms with van der Waals surface area (Å²) in [6, 6.07) is 0. The monoisotopic (exact) mass is 243 g/mol. The molecule has 0 radical (unpaired) electrons. The minimum absolute atomic E-state index is 0.00990. The topological polar surface area (TPSA) is 81.7 Å². The lowest BCUT2D eigenvalue weighted by Gasteiger charge is -2.16. The average molecular weight is 243 g/mol. The molecular weight excluding hydrogens is 222 g/mol. The molecule has 1 aliphatic carbocycles. The lowest BCUT2D eigenvalue weighted by atomic mass is 10.3. The summed E-state index contributed by atoms with van der Waals surface area (Å²) in [5.41, 5.74) is 0. The number of carbonyl (C=O) groups excluding carboxylic acids is 2. The van der Waals surface area contributed by atoms with Gasteiger partial charge in [0, 0.05) is 19.0 Å². The SMILES string of the molecule is CN(C)CC(O)CNC(=O)CNC(=O)C1CC1. The number of aliphatic hydroxyl groups excluding tert-OH is 1. The molecule has 0 aromatic carbocycles. The van der Waals surface area contributed by atoms with E-state index in [9.17, 15) is 14.7 Å². The molecule has 1 rings (SSSR count). The summed E-state index contributed by atoms with van der Waals surface area (Å²) in [5.74, 6) is -0.201. The number of amides is 2. The molecule has 0 heterocycles. The maximum absolute atomic E-state index is 11.3. The molecule has 0 bridgehead atoms. The second-order valence-electron chi connectivity index (χ2n) is 4.71. The second kappa shape index (κ2) is 6.56. The van der Waals surface area contributed by atoms with Gasteiger partial charge in [0.1, 0.15) is 0 Å². The zero-order valence-electron chi connectivity index (χ0n) is 10.4. The Kier molecular flexibility index (Phi) is 5.37. The molecule has 0 aromatic rings. The van der Waals surface area contributed by atoms with E-state index >= 15 is 0 Å². The van der Waals surface area contributed by atoms with Crippen molar-refractivity contribution in [2.45, 2.75) is 18.9 Å². The quantitative estimate of drug-likeness (QED) is 0.511. The van der Waals surface area contributed by atoms with Gasteiger partial charge in [-0.3, -0.25) is 9.59 Å². The Morgan fingerprint density at radius 3 is 2.53 bits per heavy atom. The predicted octanol–water partition coefficient (Wildman–Crippen LogP) is -1.45. The zero-order valence-corrected chi connectivity index (χ0v) is 10.4. The summed E-state index contributed by atoms with van der Waals surface area (Å²) in [6.45, 7) is 0.690. The smallest absolute Gasteiger partial charge is 0.239 e. The largest absolute Gasteiger partial charge is 0.390 e. The van der Waals surface area contributed by atoms with E-state index in [1.807, 2.05) is 19.0 Å². The van der Waals surface area contributed by atoms with Crippen LogP contribution in [0, 0.1) is 5.92 Å². The fourth-order valence-corrected chi connectivity index (χ4v) is 1.44. The highest BCUT2D eigenvalue weighted by Crippen LogP contribution is 2.28. The molecule has 1 aliphatic rings.